The van der Waals surface area contributed by atoms with Crippen LogP contribution in [0.4, 0.5) is 8.78 Å². The Morgan fingerprint density at radius 2 is 1.64 bits per heavy atom. The molecule has 3 aromatic carbocycles. The third-order valence-electron chi connectivity index (χ3n) is 5.92. The Labute approximate surface area is 220 Å². The SMILES string of the molecule is Cc1ccc(-c2nc(-c3ccc(CC(NC(=O)c4cc(-c5ccc(F)cc5)no4)C(=O)O)cc3F)no2)cc1. The maximum Gasteiger partial charge on any atom is 0.326 e. The number of nitrogens with one attached hydrogen (secondary N) is 1. The van der Waals surface area contributed by atoms with Crippen LogP contribution < -0.4 is 5.32 Å². The van der Waals surface area contributed by atoms with Crippen LogP contribution in [0.3, 0.4) is 0 Å². The van der Waals surface area contributed by atoms with Crippen molar-refractivity contribution in [2.24, 2.45) is 0 Å². The van der Waals surface area contributed by atoms with E-state index in [9.17, 15) is 23.5 Å². The third kappa shape index (κ3) is 5.72. The van der Waals surface area contributed by atoms with E-state index in [1.807, 2.05) is 31.2 Å². The van der Waals surface area contributed by atoms with E-state index in [0.29, 0.717) is 16.7 Å². The molecule has 1 atom stereocenters. The summed E-state index contributed by atoms with van der Waals surface area (Å²) in [5.74, 6) is -3.22. The van der Waals surface area contributed by atoms with Crippen molar-refractivity contribution in [3.63, 3.8) is 0 Å². The minimum absolute atomic E-state index is 0.0417. The number of aromatic nitrogens is 3. The number of amides is 1. The van der Waals surface area contributed by atoms with Crippen molar-refractivity contribution in [3.8, 4) is 34.1 Å². The highest BCUT2D eigenvalue weighted by atomic mass is 19.1. The summed E-state index contributed by atoms with van der Waals surface area (Å²) in [5.41, 5.74) is 2.93. The molecule has 1 unspecified atom stereocenters. The molecule has 0 spiro atoms. The predicted octanol–water partition coefficient (Wildman–Crippen LogP) is 5.07. The van der Waals surface area contributed by atoms with Gasteiger partial charge in [-0.1, -0.05) is 34.1 Å². The largest absolute Gasteiger partial charge is 0.480 e. The number of aryl methyl sites for hydroxylation is 1. The lowest BCUT2D eigenvalue weighted by atomic mass is 10.0. The van der Waals surface area contributed by atoms with Crippen molar-refractivity contribution < 1.29 is 32.5 Å². The normalized spacial score (nSPS) is 11.8. The number of halogens is 2. The number of carbonyl (C=O) groups is 2. The van der Waals surface area contributed by atoms with Crippen molar-refractivity contribution in [1.82, 2.24) is 20.6 Å². The number of rotatable bonds is 8. The van der Waals surface area contributed by atoms with Gasteiger partial charge in [-0.25, -0.2) is 13.6 Å². The number of aliphatic carboxylic acids is 1. The van der Waals surface area contributed by atoms with Gasteiger partial charge in [0.15, 0.2) is 0 Å². The smallest absolute Gasteiger partial charge is 0.326 e. The molecule has 39 heavy (non-hydrogen) atoms. The molecule has 196 valence electrons. The quantitative estimate of drug-likeness (QED) is 0.284. The Morgan fingerprint density at radius 3 is 2.33 bits per heavy atom. The number of carbonyl (C=O) groups excluding carboxylic acids is 1. The average Bonchev–Trinajstić information content (AvgIpc) is 3.60. The summed E-state index contributed by atoms with van der Waals surface area (Å²) in [5, 5.41) is 19.6. The summed E-state index contributed by atoms with van der Waals surface area (Å²) in [6.07, 6.45) is -0.210. The summed E-state index contributed by atoms with van der Waals surface area (Å²) in [6.45, 7) is 1.94. The first-order valence-electron chi connectivity index (χ1n) is 11.7. The number of carboxylic acids is 1. The van der Waals surface area contributed by atoms with Crippen molar-refractivity contribution >= 4 is 11.9 Å². The molecule has 1 amide bonds. The van der Waals surface area contributed by atoms with Crippen LogP contribution in [0.5, 0.6) is 0 Å². The van der Waals surface area contributed by atoms with E-state index in [4.69, 9.17) is 9.05 Å². The van der Waals surface area contributed by atoms with Gasteiger partial charge in [-0.3, -0.25) is 4.79 Å². The molecule has 0 fully saturated rings. The zero-order chi connectivity index (χ0) is 27.5. The molecule has 5 rings (SSSR count). The van der Waals surface area contributed by atoms with Crippen molar-refractivity contribution in [1.29, 1.82) is 0 Å². The van der Waals surface area contributed by atoms with Crippen LogP contribution in [0.25, 0.3) is 34.1 Å². The van der Waals surface area contributed by atoms with Gasteiger partial charge in [0, 0.05) is 23.6 Å². The summed E-state index contributed by atoms with van der Waals surface area (Å²) in [6, 6.07) is 16.8. The first-order valence-corrected chi connectivity index (χ1v) is 11.7. The number of benzene rings is 3. The lowest BCUT2D eigenvalue weighted by molar-refractivity contribution is -0.139. The van der Waals surface area contributed by atoms with Crippen LogP contribution in [-0.2, 0) is 11.2 Å². The number of hydrogen-bond donors (Lipinski definition) is 2. The standard InChI is InChI=1S/C28H20F2N4O5/c1-15-2-5-18(6-3-15)27-32-25(34-39-27)20-11-4-16(12-21(20)30)13-23(28(36)37)31-26(35)24-14-22(33-38-24)17-7-9-19(29)10-8-17/h2-12,14,23H,13H2,1H3,(H,31,35)(H,36,37). The van der Waals surface area contributed by atoms with Gasteiger partial charge in [-0.05, 0) is 61.0 Å². The Balaban J connectivity index is 1.28. The molecule has 0 bridgehead atoms. The van der Waals surface area contributed by atoms with Gasteiger partial charge < -0.3 is 19.5 Å². The second-order valence-corrected chi connectivity index (χ2v) is 8.76. The fraction of sp³-hybridized carbons (Fsp3) is 0.107. The second-order valence-electron chi connectivity index (χ2n) is 8.76. The molecule has 2 aromatic heterocycles. The van der Waals surface area contributed by atoms with Crippen LogP contribution >= 0.6 is 0 Å². The van der Waals surface area contributed by atoms with Crippen LogP contribution in [0.1, 0.15) is 21.7 Å². The zero-order valence-corrected chi connectivity index (χ0v) is 20.4. The fourth-order valence-corrected chi connectivity index (χ4v) is 3.82. The first kappa shape index (κ1) is 25.5. The molecule has 11 heteroatoms. The Kier molecular flexibility index (Phi) is 6.96. The van der Waals surface area contributed by atoms with Crippen LogP contribution in [0.2, 0.25) is 0 Å². The van der Waals surface area contributed by atoms with E-state index < -0.39 is 29.6 Å². The average molecular weight is 530 g/mol. The molecular formula is C28H20F2N4O5. The monoisotopic (exact) mass is 530 g/mol. The molecular weight excluding hydrogens is 510 g/mol. The van der Waals surface area contributed by atoms with E-state index in [2.05, 4.69) is 20.6 Å². The molecule has 5 aromatic rings. The summed E-state index contributed by atoms with van der Waals surface area (Å²) in [4.78, 5) is 28.7. The lowest BCUT2D eigenvalue weighted by Crippen LogP contribution is -2.42. The second kappa shape index (κ2) is 10.7. The van der Waals surface area contributed by atoms with Crippen molar-refractivity contribution in [2.45, 2.75) is 19.4 Å². The van der Waals surface area contributed by atoms with Gasteiger partial charge in [0.2, 0.25) is 11.6 Å². The van der Waals surface area contributed by atoms with Crippen LogP contribution in [0, 0.1) is 18.6 Å². The summed E-state index contributed by atoms with van der Waals surface area (Å²) < 4.78 is 38.4. The van der Waals surface area contributed by atoms with E-state index >= 15 is 0 Å². The fourth-order valence-electron chi connectivity index (χ4n) is 3.82. The lowest BCUT2D eigenvalue weighted by Gasteiger charge is -2.14. The van der Waals surface area contributed by atoms with E-state index in [1.54, 1.807) is 0 Å². The topological polar surface area (TPSA) is 131 Å². The van der Waals surface area contributed by atoms with Gasteiger partial charge >= 0.3 is 5.97 Å². The third-order valence-corrected chi connectivity index (χ3v) is 5.92. The molecule has 0 radical (unpaired) electrons. The molecule has 0 saturated carbocycles. The molecule has 0 aliphatic carbocycles. The molecule has 0 saturated heterocycles. The van der Waals surface area contributed by atoms with Crippen molar-refractivity contribution in [2.75, 3.05) is 0 Å². The summed E-state index contributed by atoms with van der Waals surface area (Å²) in [7, 11) is 0. The van der Waals surface area contributed by atoms with Gasteiger partial charge in [0.25, 0.3) is 11.8 Å². The number of carboxylic acid groups (broad SMARTS) is 1. The highest BCUT2D eigenvalue weighted by molar-refractivity contribution is 5.95. The van der Waals surface area contributed by atoms with Gasteiger partial charge in [0.1, 0.15) is 23.4 Å². The molecule has 2 N–H and O–H groups in total. The minimum Gasteiger partial charge on any atom is -0.480 e. The van der Waals surface area contributed by atoms with E-state index in [1.165, 1.54) is 42.5 Å². The molecule has 2 heterocycles. The Bertz CT molecular complexity index is 1650. The highest BCUT2D eigenvalue weighted by Crippen LogP contribution is 2.26. The summed E-state index contributed by atoms with van der Waals surface area (Å²) >= 11 is 0. The van der Waals surface area contributed by atoms with Crippen LogP contribution in [-0.4, -0.2) is 38.3 Å². The number of nitrogens with zero attached hydrogens (tertiary/aromatic N) is 3. The van der Waals surface area contributed by atoms with Crippen molar-refractivity contribution in [3.05, 3.63) is 101 Å². The van der Waals surface area contributed by atoms with Gasteiger partial charge in [-0.15, -0.1) is 0 Å². The van der Waals surface area contributed by atoms with Crippen LogP contribution in [0.15, 0.2) is 81.8 Å². The Hall–Kier alpha value is -5.19. The zero-order valence-electron chi connectivity index (χ0n) is 20.4. The Morgan fingerprint density at radius 1 is 0.923 bits per heavy atom. The molecule has 0 aliphatic heterocycles. The maximum absolute atomic E-state index is 15.0. The van der Waals surface area contributed by atoms with Gasteiger partial charge in [0.05, 0.1) is 5.56 Å². The maximum atomic E-state index is 15.0. The highest BCUT2D eigenvalue weighted by Gasteiger charge is 2.24. The van der Waals surface area contributed by atoms with Gasteiger partial charge in [-0.2, -0.15) is 4.98 Å². The van der Waals surface area contributed by atoms with E-state index in [0.717, 1.165) is 11.6 Å². The molecule has 9 nitrogen and oxygen atoms in total. The number of hydrogen-bond acceptors (Lipinski definition) is 7. The first-order chi connectivity index (χ1) is 18.8. The van der Waals surface area contributed by atoms with E-state index in [-0.39, 0.29) is 35.2 Å². The predicted molar refractivity (Wildman–Crippen MR) is 134 cm³/mol. The molecule has 0 aliphatic rings. The minimum atomic E-state index is -1.39.